The maximum absolute atomic E-state index is 5.76. The van der Waals surface area contributed by atoms with E-state index in [2.05, 4.69) is 30.6 Å². The standard InChI is InChI=1S/C16H23NO/c1-17-16(11-15-6-3-9-18-15)14-8-7-12-4-2-5-13(12)10-14/h7-8,10,15-17H,2-6,9,11H2,1H3. The van der Waals surface area contributed by atoms with Gasteiger partial charge < -0.3 is 10.1 Å². The van der Waals surface area contributed by atoms with Crippen molar-refractivity contribution < 1.29 is 4.74 Å². The van der Waals surface area contributed by atoms with E-state index in [0.29, 0.717) is 12.1 Å². The van der Waals surface area contributed by atoms with Crippen LogP contribution in [-0.4, -0.2) is 19.8 Å². The highest BCUT2D eigenvalue weighted by molar-refractivity contribution is 5.36. The van der Waals surface area contributed by atoms with Gasteiger partial charge in [-0.25, -0.2) is 0 Å². The SMILES string of the molecule is CNC(CC1CCCO1)c1ccc2c(c1)CCC2. The molecule has 1 aromatic carbocycles. The summed E-state index contributed by atoms with van der Waals surface area (Å²) in [7, 11) is 2.06. The normalized spacial score (nSPS) is 24.2. The number of hydrogen-bond donors (Lipinski definition) is 1. The summed E-state index contributed by atoms with van der Waals surface area (Å²) < 4.78 is 5.76. The van der Waals surface area contributed by atoms with Crippen LogP contribution < -0.4 is 5.32 Å². The van der Waals surface area contributed by atoms with Crippen molar-refractivity contribution in [3.05, 3.63) is 34.9 Å². The zero-order valence-corrected chi connectivity index (χ0v) is 11.2. The molecule has 1 N–H and O–H groups in total. The molecule has 3 rings (SSSR count). The molecule has 0 spiro atoms. The molecule has 1 fully saturated rings. The second-order valence-corrected chi connectivity index (χ2v) is 5.59. The van der Waals surface area contributed by atoms with E-state index < -0.39 is 0 Å². The number of benzene rings is 1. The lowest BCUT2D eigenvalue weighted by molar-refractivity contribution is 0.0954. The van der Waals surface area contributed by atoms with Crippen LogP contribution in [-0.2, 0) is 17.6 Å². The number of hydrogen-bond acceptors (Lipinski definition) is 2. The molecule has 2 atom stereocenters. The molecule has 0 amide bonds. The monoisotopic (exact) mass is 245 g/mol. The molecule has 0 aromatic heterocycles. The highest BCUT2D eigenvalue weighted by atomic mass is 16.5. The van der Waals surface area contributed by atoms with Crippen LogP contribution in [0.15, 0.2) is 18.2 Å². The fourth-order valence-corrected chi connectivity index (χ4v) is 3.32. The zero-order chi connectivity index (χ0) is 12.4. The van der Waals surface area contributed by atoms with E-state index in [1.165, 1.54) is 37.7 Å². The Bertz CT molecular complexity index is 410. The fraction of sp³-hybridized carbons (Fsp3) is 0.625. The Morgan fingerprint density at radius 2 is 2.17 bits per heavy atom. The number of nitrogens with one attached hydrogen (secondary N) is 1. The molecule has 1 heterocycles. The predicted molar refractivity (Wildman–Crippen MR) is 73.9 cm³/mol. The van der Waals surface area contributed by atoms with Gasteiger partial charge in [-0.15, -0.1) is 0 Å². The zero-order valence-electron chi connectivity index (χ0n) is 11.2. The smallest absolute Gasteiger partial charge is 0.0594 e. The quantitative estimate of drug-likeness (QED) is 0.880. The van der Waals surface area contributed by atoms with Gasteiger partial charge in [-0.1, -0.05) is 18.2 Å². The third-order valence-electron chi connectivity index (χ3n) is 4.40. The van der Waals surface area contributed by atoms with Gasteiger partial charge in [-0.05, 0) is 62.3 Å². The summed E-state index contributed by atoms with van der Waals surface area (Å²) in [6.07, 6.45) is 7.87. The minimum absolute atomic E-state index is 0.444. The van der Waals surface area contributed by atoms with Crippen LogP contribution in [0.3, 0.4) is 0 Å². The molecule has 1 saturated heterocycles. The van der Waals surface area contributed by atoms with Crippen LogP contribution in [0.1, 0.15) is 48.4 Å². The molecule has 18 heavy (non-hydrogen) atoms. The molecular weight excluding hydrogens is 222 g/mol. The highest BCUT2D eigenvalue weighted by Gasteiger charge is 2.22. The summed E-state index contributed by atoms with van der Waals surface area (Å²) >= 11 is 0. The topological polar surface area (TPSA) is 21.3 Å². The van der Waals surface area contributed by atoms with Gasteiger partial charge in [0.05, 0.1) is 6.10 Å². The van der Waals surface area contributed by atoms with Gasteiger partial charge >= 0.3 is 0 Å². The van der Waals surface area contributed by atoms with Gasteiger partial charge in [-0.3, -0.25) is 0 Å². The first-order valence-electron chi connectivity index (χ1n) is 7.27. The van der Waals surface area contributed by atoms with Gasteiger partial charge in [0, 0.05) is 12.6 Å². The van der Waals surface area contributed by atoms with E-state index >= 15 is 0 Å². The second kappa shape index (κ2) is 5.41. The molecule has 2 nitrogen and oxygen atoms in total. The van der Waals surface area contributed by atoms with Crippen molar-refractivity contribution in [3.8, 4) is 0 Å². The van der Waals surface area contributed by atoms with E-state index in [-0.39, 0.29) is 0 Å². The first-order chi connectivity index (χ1) is 8.86. The first-order valence-corrected chi connectivity index (χ1v) is 7.27. The Balaban J connectivity index is 1.74. The van der Waals surface area contributed by atoms with Crippen LogP contribution in [0.5, 0.6) is 0 Å². The summed E-state index contributed by atoms with van der Waals surface area (Å²) in [4.78, 5) is 0. The fourth-order valence-electron chi connectivity index (χ4n) is 3.32. The van der Waals surface area contributed by atoms with Crippen molar-refractivity contribution in [3.63, 3.8) is 0 Å². The number of rotatable bonds is 4. The Kier molecular flexibility index (Phi) is 3.67. The molecule has 2 unspecified atom stereocenters. The average Bonchev–Trinajstić information content (AvgIpc) is 3.06. The summed E-state index contributed by atoms with van der Waals surface area (Å²) in [5.41, 5.74) is 4.57. The summed E-state index contributed by atoms with van der Waals surface area (Å²) in [5, 5.41) is 3.46. The largest absolute Gasteiger partial charge is 0.378 e. The summed E-state index contributed by atoms with van der Waals surface area (Å²) in [6.45, 7) is 0.950. The van der Waals surface area contributed by atoms with Gasteiger partial charge in [0.2, 0.25) is 0 Å². The third-order valence-corrected chi connectivity index (χ3v) is 4.40. The minimum Gasteiger partial charge on any atom is -0.378 e. The van der Waals surface area contributed by atoms with E-state index in [0.717, 1.165) is 13.0 Å². The van der Waals surface area contributed by atoms with E-state index in [1.807, 2.05) is 0 Å². The van der Waals surface area contributed by atoms with Crippen molar-refractivity contribution in [1.29, 1.82) is 0 Å². The third kappa shape index (κ3) is 2.45. The molecule has 1 aliphatic heterocycles. The molecule has 1 aromatic rings. The lowest BCUT2D eigenvalue weighted by Gasteiger charge is -2.21. The molecule has 0 radical (unpaired) electrons. The molecule has 98 valence electrons. The lowest BCUT2D eigenvalue weighted by atomic mass is 9.96. The van der Waals surface area contributed by atoms with E-state index in [1.54, 1.807) is 11.1 Å². The van der Waals surface area contributed by atoms with Gasteiger partial charge in [0.25, 0.3) is 0 Å². The van der Waals surface area contributed by atoms with Crippen molar-refractivity contribution in [2.75, 3.05) is 13.7 Å². The Morgan fingerprint density at radius 1 is 1.28 bits per heavy atom. The van der Waals surface area contributed by atoms with Crippen LogP contribution in [0, 0.1) is 0 Å². The van der Waals surface area contributed by atoms with Gasteiger partial charge in [-0.2, -0.15) is 0 Å². The van der Waals surface area contributed by atoms with Crippen molar-refractivity contribution in [2.24, 2.45) is 0 Å². The summed E-state index contributed by atoms with van der Waals surface area (Å²) in [5.74, 6) is 0. The number of fused-ring (bicyclic) bond motifs is 1. The lowest BCUT2D eigenvalue weighted by Crippen LogP contribution is -2.22. The van der Waals surface area contributed by atoms with Crippen LogP contribution in [0.2, 0.25) is 0 Å². The maximum atomic E-state index is 5.76. The number of ether oxygens (including phenoxy) is 1. The van der Waals surface area contributed by atoms with Crippen LogP contribution in [0.25, 0.3) is 0 Å². The molecular formula is C16H23NO. The Morgan fingerprint density at radius 3 is 2.94 bits per heavy atom. The van der Waals surface area contributed by atoms with E-state index in [4.69, 9.17) is 4.74 Å². The first kappa shape index (κ1) is 12.2. The highest BCUT2D eigenvalue weighted by Crippen LogP contribution is 2.29. The Hall–Kier alpha value is -0.860. The van der Waals surface area contributed by atoms with Crippen LogP contribution >= 0.6 is 0 Å². The second-order valence-electron chi connectivity index (χ2n) is 5.59. The maximum Gasteiger partial charge on any atom is 0.0594 e. The molecule has 2 heteroatoms. The average molecular weight is 245 g/mol. The molecule has 2 aliphatic rings. The number of aryl methyl sites for hydroxylation is 2. The molecule has 0 bridgehead atoms. The predicted octanol–water partition coefficient (Wildman–Crippen LogP) is 3.00. The van der Waals surface area contributed by atoms with Crippen LogP contribution in [0.4, 0.5) is 0 Å². The van der Waals surface area contributed by atoms with Gasteiger partial charge in [0.15, 0.2) is 0 Å². The Labute approximate surface area is 110 Å². The van der Waals surface area contributed by atoms with E-state index in [9.17, 15) is 0 Å². The van der Waals surface area contributed by atoms with Crippen molar-refractivity contribution in [1.82, 2.24) is 5.32 Å². The van der Waals surface area contributed by atoms with Crippen molar-refractivity contribution in [2.45, 2.75) is 50.7 Å². The minimum atomic E-state index is 0.444. The van der Waals surface area contributed by atoms with Crippen molar-refractivity contribution >= 4 is 0 Å². The molecule has 1 aliphatic carbocycles. The summed E-state index contributed by atoms with van der Waals surface area (Å²) in [6, 6.07) is 7.50. The molecule has 0 saturated carbocycles. The van der Waals surface area contributed by atoms with Gasteiger partial charge in [0.1, 0.15) is 0 Å².